The van der Waals surface area contributed by atoms with Crippen molar-refractivity contribution in [2.45, 2.75) is 59.0 Å². The van der Waals surface area contributed by atoms with Crippen molar-refractivity contribution in [1.82, 2.24) is 9.80 Å². The van der Waals surface area contributed by atoms with Gasteiger partial charge in [0.05, 0.1) is 6.17 Å². The quantitative estimate of drug-likeness (QED) is 0.594. The first-order valence-electron chi connectivity index (χ1n) is 6.49. The molecule has 1 aliphatic rings. The van der Waals surface area contributed by atoms with E-state index in [1.807, 2.05) is 0 Å². The first kappa shape index (κ1) is 12.4. The zero-order chi connectivity index (χ0) is 11.1. The Bertz CT molecular complexity index is 189. The Labute approximate surface area is 94.9 Å². The van der Waals surface area contributed by atoms with Gasteiger partial charge >= 0.3 is 0 Å². The normalized spacial score (nSPS) is 20.3. The largest absolute Gasteiger partial charge is 0.356 e. The highest BCUT2D eigenvalue weighted by molar-refractivity contribution is 4.94. The molecule has 1 heterocycles. The van der Waals surface area contributed by atoms with Crippen LogP contribution in [0.5, 0.6) is 0 Å². The van der Waals surface area contributed by atoms with Gasteiger partial charge < -0.3 is 9.80 Å². The number of nitrogens with zero attached hydrogens (tertiary/aromatic N) is 2. The van der Waals surface area contributed by atoms with Gasteiger partial charge in [0.2, 0.25) is 0 Å². The molecular formula is C13H26N2. The third kappa shape index (κ3) is 3.77. The number of unbranched alkanes of at least 4 members (excludes halogenated alkanes) is 3. The zero-order valence-corrected chi connectivity index (χ0v) is 10.6. The molecule has 0 spiro atoms. The smallest absolute Gasteiger partial charge is 0.0977 e. The third-order valence-electron chi connectivity index (χ3n) is 3.16. The Morgan fingerprint density at radius 2 is 1.53 bits per heavy atom. The van der Waals surface area contributed by atoms with E-state index in [0.717, 1.165) is 0 Å². The van der Waals surface area contributed by atoms with E-state index in [0.29, 0.717) is 6.17 Å². The Morgan fingerprint density at radius 1 is 0.867 bits per heavy atom. The molecule has 0 N–H and O–H groups in total. The Hall–Kier alpha value is -0.660. The van der Waals surface area contributed by atoms with E-state index in [-0.39, 0.29) is 0 Å². The van der Waals surface area contributed by atoms with Gasteiger partial charge in [-0.15, -0.1) is 0 Å². The Kier molecular flexibility index (Phi) is 5.59. The molecular weight excluding hydrogens is 184 g/mol. The highest BCUT2D eigenvalue weighted by Crippen LogP contribution is 2.16. The van der Waals surface area contributed by atoms with Crippen molar-refractivity contribution in [3.8, 4) is 0 Å². The summed E-state index contributed by atoms with van der Waals surface area (Å²) in [5, 5.41) is 0. The minimum atomic E-state index is 0.576. The van der Waals surface area contributed by atoms with E-state index in [2.05, 4.69) is 43.0 Å². The second-order valence-corrected chi connectivity index (χ2v) is 4.47. The summed E-state index contributed by atoms with van der Waals surface area (Å²) in [5.41, 5.74) is 0. The van der Waals surface area contributed by atoms with E-state index in [1.165, 1.54) is 45.2 Å². The molecule has 0 aromatic heterocycles. The van der Waals surface area contributed by atoms with Crippen LogP contribution < -0.4 is 0 Å². The molecule has 2 nitrogen and oxygen atoms in total. The van der Waals surface area contributed by atoms with Crippen LogP contribution >= 0.6 is 0 Å². The van der Waals surface area contributed by atoms with Crippen LogP contribution in [0, 0.1) is 0 Å². The lowest BCUT2D eigenvalue weighted by Crippen LogP contribution is -2.36. The summed E-state index contributed by atoms with van der Waals surface area (Å²) in [6.45, 7) is 9.21. The summed E-state index contributed by atoms with van der Waals surface area (Å²) in [4.78, 5) is 4.89. The van der Waals surface area contributed by atoms with Gasteiger partial charge in [-0.25, -0.2) is 0 Å². The van der Waals surface area contributed by atoms with Crippen LogP contribution in [0.25, 0.3) is 0 Å². The fraction of sp³-hybridized carbons (Fsp3) is 0.846. The average Bonchev–Trinajstić information content (AvgIpc) is 2.57. The molecule has 0 amide bonds. The van der Waals surface area contributed by atoms with Crippen molar-refractivity contribution in [2.75, 3.05) is 13.1 Å². The summed E-state index contributed by atoms with van der Waals surface area (Å²) < 4.78 is 0. The van der Waals surface area contributed by atoms with Gasteiger partial charge in [0, 0.05) is 25.5 Å². The molecule has 1 atom stereocenters. The summed E-state index contributed by atoms with van der Waals surface area (Å²) in [5.74, 6) is 0. The average molecular weight is 210 g/mol. The molecule has 0 saturated carbocycles. The predicted octanol–water partition coefficient (Wildman–Crippen LogP) is 3.41. The standard InChI is InChI=1S/C13H26N2/c1-4-6-7-8-10-15-12-11-14(9-5-2)13(15)3/h11-13H,4-10H2,1-3H3. The monoisotopic (exact) mass is 210 g/mol. The molecule has 15 heavy (non-hydrogen) atoms. The Morgan fingerprint density at radius 3 is 2.13 bits per heavy atom. The fourth-order valence-electron chi connectivity index (χ4n) is 2.11. The van der Waals surface area contributed by atoms with Gasteiger partial charge in [0.1, 0.15) is 0 Å². The molecule has 1 aliphatic heterocycles. The predicted molar refractivity (Wildman–Crippen MR) is 66.4 cm³/mol. The zero-order valence-electron chi connectivity index (χ0n) is 10.6. The Balaban J connectivity index is 2.18. The first-order valence-corrected chi connectivity index (χ1v) is 6.49. The van der Waals surface area contributed by atoms with Gasteiger partial charge in [-0.1, -0.05) is 33.1 Å². The van der Waals surface area contributed by atoms with Crippen LogP contribution in [0.2, 0.25) is 0 Å². The van der Waals surface area contributed by atoms with E-state index in [9.17, 15) is 0 Å². The van der Waals surface area contributed by atoms with E-state index in [1.54, 1.807) is 0 Å². The minimum Gasteiger partial charge on any atom is -0.356 e. The van der Waals surface area contributed by atoms with Crippen molar-refractivity contribution < 1.29 is 0 Å². The lowest BCUT2D eigenvalue weighted by atomic mass is 10.2. The summed E-state index contributed by atoms with van der Waals surface area (Å²) in [6, 6.07) is 0. The molecule has 2 heteroatoms. The second-order valence-electron chi connectivity index (χ2n) is 4.47. The summed E-state index contributed by atoms with van der Waals surface area (Å²) in [6.07, 6.45) is 11.7. The van der Waals surface area contributed by atoms with Crippen LogP contribution in [-0.2, 0) is 0 Å². The molecule has 0 radical (unpaired) electrons. The van der Waals surface area contributed by atoms with Gasteiger partial charge in [0.25, 0.3) is 0 Å². The van der Waals surface area contributed by atoms with Gasteiger partial charge in [-0.3, -0.25) is 0 Å². The van der Waals surface area contributed by atoms with Crippen LogP contribution in [0.15, 0.2) is 12.4 Å². The van der Waals surface area contributed by atoms with Gasteiger partial charge in [0.15, 0.2) is 0 Å². The molecule has 1 rings (SSSR count). The highest BCUT2D eigenvalue weighted by atomic mass is 15.4. The lowest BCUT2D eigenvalue weighted by molar-refractivity contribution is 0.168. The second kappa shape index (κ2) is 6.76. The topological polar surface area (TPSA) is 6.48 Å². The van der Waals surface area contributed by atoms with Crippen LogP contribution in [0.3, 0.4) is 0 Å². The molecule has 88 valence electrons. The fourth-order valence-corrected chi connectivity index (χ4v) is 2.11. The first-order chi connectivity index (χ1) is 7.29. The van der Waals surface area contributed by atoms with Crippen molar-refractivity contribution in [3.05, 3.63) is 12.4 Å². The van der Waals surface area contributed by atoms with E-state index in [4.69, 9.17) is 0 Å². The molecule has 0 saturated heterocycles. The van der Waals surface area contributed by atoms with Crippen molar-refractivity contribution >= 4 is 0 Å². The van der Waals surface area contributed by atoms with Crippen LogP contribution in [0.1, 0.15) is 52.9 Å². The summed E-state index contributed by atoms with van der Waals surface area (Å²) >= 11 is 0. The molecule has 0 aliphatic carbocycles. The number of rotatable bonds is 7. The maximum atomic E-state index is 2.46. The van der Waals surface area contributed by atoms with Crippen LogP contribution in [-0.4, -0.2) is 29.1 Å². The van der Waals surface area contributed by atoms with Crippen molar-refractivity contribution in [1.29, 1.82) is 0 Å². The molecule has 1 unspecified atom stereocenters. The molecule has 0 fully saturated rings. The maximum absolute atomic E-state index is 2.46. The third-order valence-corrected chi connectivity index (χ3v) is 3.16. The number of hydrogen-bond donors (Lipinski definition) is 0. The maximum Gasteiger partial charge on any atom is 0.0977 e. The molecule has 0 aromatic rings. The molecule has 0 bridgehead atoms. The van der Waals surface area contributed by atoms with Gasteiger partial charge in [-0.05, 0) is 19.8 Å². The minimum absolute atomic E-state index is 0.576. The number of hydrogen-bond acceptors (Lipinski definition) is 2. The highest BCUT2D eigenvalue weighted by Gasteiger charge is 2.19. The van der Waals surface area contributed by atoms with E-state index >= 15 is 0 Å². The van der Waals surface area contributed by atoms with E-state index < -0.39 is 0 Å². The van der Waals surface area contributed by atoms with Crippen molar-refractivity contribution in [3.63, 3.8) is 0 Å². The SMILES string of the molecule is CCCCCCN1C=CN(CCC)C1C. The van der Waals surface area contributed by atoms with Crippen molar-refractivity contribution in [2.24, 2.45) is 0 Å². The summed E-state index contributed by atoms with van der Waals surface area (Å²) in [7, 11) is 0. The van der Waals surface area contributed by atoms with Gasteiger partial charge in [-0.2, -0.15) is 0 Å². The molecule has 0 aromatic carbocycles. The lowest BCUT2D eigenvalue weighted by Gasteiger charge is -2.29. The van der Waals surface area contributed by atoms with Crippen LogP contribution in [0.4, 0.5) is 0 Å².